The largest absolute Gasteiger partial charge is 0.469 e. The summed E-state index contributed by atoms with van der Waals surface area (Å²) in [5.41, 5.74) is 1.03. The van der Waals surface area contributed by atoms with Crippen molar-refractivity contribution in [1.82, 2.24) is 10.2 Å². The highest BCUT2D eigenvalue weighted by Gasteiger charge is 2.08. The van der Waals surface area contributed by atoms with Gasteiger partial charge in [0.15, 0.2) is 4.34 Å². The Labute approximate surface area is 127 Å². The van der Waals surface area contributed by atoms with E-state index in [2.05, 4.69) is 30.9 Å². The first-order valence-corrected chi connectivity index (χ1v) is 8.07. The van der Waals surface area contributed by atoms with Gasteiger partial charge in [-0.15, -0.1) is 10.2 Å². The monoisotopic (exact) mass is 358 g/mol. The summed E-state index contributed by atoms with van der Waals surface area (Å²) < 4.78 is 6.46. The second kappa shape index (κ2) is 7.02. The maximum atomic E-state index is 11.0. The number of ether oxygens (including phenoxy) is 1. The molecule has 0 radical (unpaired) electrons. The number of benzene rings is 1. The van der Waals surface area contributed by atoms with Gasteiger partial charge in [-0.2, -0.15) is 0 Å². The number of aromatic nitrogens is 2. The highest BCUT2D eigenvalue weighted by Crippen LogP contribution is 2.30. The Morgan fingerprint density at radius 3 is 3.05 bits per heavy atom. The molecule has 0 unspecified atom stereocenters. The topological polar surface area (TPSA) is 52.1 Å². The van der Waals surface area contributed by atoms with Crippen LogP contribution >= 0.6 is 39.0 Å². The van der Waals surface area contributed by atoms with Gasteiger partial charge in [0.1, 0.15) is 5.01 Å². The van der Waals surface area contributed by atoms with Crippen molar-refractivity contribution in [3.05, 3.63) is 28.7 Å². The average molecular weight is 359 g/mol. The Balaban J connectivity index is 1.97. The van der Waals surface area contributed by atoms with Crippen molar-refractivity contribution in [2.45, 2.75) is 10.8 Å². The zero-order chi connectivity index (χ0) is 13.7. The molecule has 0 aliphatic rings. The van der Waals surface area contributed by atoms with Crippen molar-refractivity contribution >= 4 is 45.0 Å². The molecule has 100 valence electrons. The van der Waals surface area contributed by atoms with E-state index >= 15 is 0 Å². The number of hydrogen-bond donors (Lipinski definition) is 0. The van der Waals surface area contributed by atoms with Crippen molar-refractivity contribution in [3.63, 3.8) is 0 Å². The molecule has 0 saturated heterocycles. The molecular formula is C12H11BrN2O2S2. The van der Waals surface area contributed by atoms with Crippen molar-refractivity contribution < 1.29 is 9.53 Å². The highest BCUT2D eigenvalue weighted by atomic mass is 79.9. The van der Waals surface area contributed by atoms with Crippen molar-refractivity contribution in [2.24, 2.45) is 0 Å². The van der Waals surface area contributed by atoms with E-state index in [1.54, 1.807) is 0 Å². The van der Waals surface area contributed by atoms with Crippen LogP contribution in [0, 0.1) is 0 Å². The lowest BCUT2D eigenvalue weighted by Gasteiger charge is -1.96. The van der Waals surface area contributed by atoms with Crippen LogP contribution < -0.4 is 0 Å². The number of carbonyl (C=O) groups excluding carboxylic acids is 1. The van der Waals surface area contributed by atoms with Crippen LogP contribution in [0.4, 0.5) is 0 Å². The van der Waals surface area contributed by atoms with Crippen LogP contribution in [-0.4, -0.2) is 29.0 Å². The van der Waals surface area contributed by atoms with Crippen LogP contribution in [0.25, 0.3) is 10.6 Å². The van der Waals surface area contributed by atoms with E-state index in [1.807, 2.05) is 24.3 Å². The molecule has 2 aromatic rings. The number of methoxy groups -OCH3 is 1. The fourth-order valence-corrected chi connectivity index (χ4v) is 3.57. The first kappa shape index (κ1) is 14.5. The molecule has 2 rings (SSSR count). The maximum Gasteiger partial charge on any atom is 0.306 e. The molecule has 0 saturated carbocycles. The SMILES string of the molecule is COC(=O)CCSc1nnc(-c2cccc(Br)c2)s1. The van der Waals surface area contributed by atoms with Crippen molar-refractivity contribution in [2.75, 3.05) is 12.9 Å². The zero-order valence-electron chi connectivity index (χ0n) is 10.1. The molecule has 0 fully saturated rings. The Morgan fingerprint density at radius 1 is 1.47 bits per heavy atom. The molecule has 0 spiro atoms. The lowest BCUT2D eigenvalue weighted by molar-refractivity contribution is -0.140. The molecule has 4 nitrogen and oxygen atoms in total. The first-order chi connectivity index (χ1) is 9.19. The lowest BCUT2D eigenvalue weighted by Crippen LogP contribution is -2.00. The highest BCUT2D eigenvalue weighted by molar-refractivity contribution is 9.10. The van der Waals surface area contributed by atoms with Crippen LogP contribution in [-0.2, 0) is 9.53 Å². The van der Waals surface area contributed by atoms with E-state index in [0.717, 1.165) is 19.4 Å². The molecule has 0 amide bonds. The summed E-state index contributed by atoms with van der Waals surface area (Å²) in [4.78, 5) is 11.0. The summed E-state index contributed by atoms with van der Waals surface area (Å²) >= 11 is 6.47. The number of esters is 1. The van der Waals surface area contributed by atoms with E-state index in [4.69, 9.17) is 0 Å². The van der Waals surface area contributed by atoms with Gasteiger partial charge in [-0.3, -0.25) is 4.79 Å². The maximum absolute atomic E-state index is 11.0. The fourth-order valence-electron chi connectivity index (χ4n) is 1.33. The van der Waals surface area contributed by atoms with E-state index < -0.39 is 0 Å². The van der Waals surface area contributed by atoms with Gasteiger partial charge in [-0.25, -0.2) is 0 Å². The molecule has 19 heavy (non-hydrogen) atoms. The van der Waals surface area contributed by atoms with Crippen LogP contribution in [0.3, 0.4) is 0 Å². The normalized spacial score (nSPS) is 10.4. The third kappa shape index (κ3) is 4.29. The Kier molecular flexibility index (Phi) is 5.35. The molecule has 0 atom stereocenters. The molecule has 1 heterocycles. The molecule has 1 aromatic carbocycles. The molecule has 0 aliphatic heterocycles. The summed E-state index contributed by atoms with van der Waals surface area (Å²) in [6.45, 7) is 0. The predicted molar refractivity (Wildman–Crippen MR) is 80.4 cm³/mol. The molecule has 0 bridgehead atoms. The van der Waals surface area contributed by atoms with Gasteiger partial charge in [0.05, 0.1) is 13.5 Å². The smallest absolute Gasteiger partial charge is 0.306 e. The zero-order valence-corrected chi connectivity index (χ0v) is 13.3. The van der Waals surface area contributed by atoms with E-state index in [1.165, 1.54) is 30.2 Å². The minimum atomic E-state index is -0.204. The van der Waals surface area contributed by atoms with Crippen molar-refractivity contribution in [3.8, 4) is 10.6 Å². The number of thioether (sulfide) groups is 1. The van der Waals surface area contributed by atoms with E-state index in [9.17, 15) is 4.79 Å². The first-order valence-electron chi connectivity index (χ1n) is 5.48. The average Bonchev–Trinajstić information content (AvgIpc) is 2.87. The van der Waals surface area contributed by atoms with Crippen LogP contribution in [0.5, 0.6) is 0 Å². The lowest BCUT2D eigenvalue weighted by atomic mass is 10.2. The van der Waals surface area contributed by atoms with E-state index in [-0.39, 0.29) is 5.97 Å². The van der Waals surface area contributed by atoms with Crippen LogP contribution in [0.1, 0.15) is 6.42 Å². The molecule has 7 heteroatoms. The number of hydrogen-bond acceptors (Lipinski definition) is 6. The second-order valence-corrected chi connectivity index (χ2v) is 6.79. The molecular weight excluding hydrogens is 348 g/mol. The number of nitrogens with zero attached hydrogens (tertiary/aromatic N) is 2. The van der Waals surface area contributed by atoms with Gasteiger partial charge in [-0.1, -0.05) is 51.2 Å². The fraction of sp³-hybridized carbons (Fsp3) is 0.250. The standard InChI is InChI=1S/C12H11BrN2O2S2/c1-17-10(16)5-6-18-12-15-14-11(19-12)8-3-2-4-9(13)7-8/h2-4,7H,5-6H2,1H3. The number of rotatable bonds is 5. The van der Waals surface area contributed by atoms with E-state index in [0.29, 0.717) is 12.2 Å². The molecule has 0 N–H and O–H groups in total. The van der Waals surface area contributed by atoms with Gasteiger partial charge >= 0.3 is 5.97 Å². The summed E-state index contributed by atoms with van der Waals surface area (Å²) in [6, 6.07) is 7.93. The molecule has 0 aliphatic carbocycles. The summed E-state index contributed by atoms with van der Waals surface area (Å²) in [6.07, 6.45) is 0.382. The Hall–Kier alpha value is -0.920. The number of carbonyl (C=O) groups is 1. The van der Waals surface area contributed by atoms with Gasteiger partial charge in [0.25, 0.3) is 0 Å². The predicted octanol–water partition coefficient (Wildman–Crippen LogP) is 3.62. The quantitative estimate of drug-likeness (QED) is 0.603. The second-order valence-electron chi connectivity index (χ2n) is 3.56. The third-order valence-electron chi connectivity index (χ3n) is 2.24. The van der Waals surface area contributed by atoms with Gasteiger partial charge in [-0.05, 0) is 12.1 Å². The Bertz CT molecular complexity index is 574. The van der Waals surface area contributed by atoms with Gasteiger partial charge in [0.2, 0.25) is 0 Å². The minimum Gasteiger partial charge on any atom is -0.469 e. The summed E-state index contributed by atoms with van der Waals surface area (Å²) in [5, 5.41) is 9.14. The van der Waals surface area contributed by atoms with Crippen LogP contribution in [0.2, 0.25) is 0 Å². The molecule has 1 aromatic heterocycles. The number of halogens is 1. The third-order valence-corrected chi connectivity index (χ3v) is 4.84. The van der Waals surface area contributed by atoms with Crippen molar-refractivity contribution in [1.29, 1.82) is 0 Å². The summed E-state index contributed by atoms with van der Waals surface area (Å²) in [7, 11) is 1.39. The summed E-state index contributed by atoms with van der Waals surface area (Å²) in [5.74, 6) is 0.448. The van der Waals surface area contributed by atoms with Gasteiger partial charge in [0, 0.05) is 15.8 Å². The van der Waals surface area contributed by atoms with Gasteiger partial charge < -0.3 is 4.74 Å². The minimum absolute atomic E-state index is 0.204. The Morgan fingerprint density at radius 2 is 2.32 bits per heavy atom. The van der Waals surface area contributed by atoms with Crippen LogP contribution in [0.15, 0.2) is 33.1 Å².